The van der Waals surface area contributed by atoms with E-state index in [1.807, 2.05) is 0 Å². The molecule has 3 aromatic rings. The average Bonchev–Trinajstić information content (AvgIpc) is 3.31. The molecular weight excluding hydrogens is 583 g/mol. The van der Waals surface area contributed by atoms with E-state index in [-0.39, 0.29) is 30.7 Å². The Kier molecular flexibility index (Phi) is 8.35. The van der Waals surface area contributed by atoms with E-state index in [0.717, 1.165) is 4.90 Å². The maximum Gasteiger partial charge on any atom is 0.416 e. The van der Waals surface area contributed by atoms with Gasteiger partial charge in [-0.05, 0) is 73.9 Å². The summed E-state index contributed by atoms with van der Waals surface area (Å²) in [6, 6.07) is 5.80. The minimum atomic E-state index is -5.10. The highest BCUT2D eigenvalue weighted by molar-refractivity contribution is 6.03. The molecule has 2 N–H and O–H groups in total. The van der Waals surface area contributed by atoms with Crippen molar-refractivity contribution in [3.05, 3.63) is 82.4 Å². The molecule has 2 amide bonds. The molecular formula is C30H28F7N3O3. The number of amides is 2. The smallest absolute Gasteiger partial charge is 0.396 e. The highest BCUT2D eigenvalue weighted by Crippen LogP contribution is 2.41. The molecule has 2 aromatic carbocycles. The molecule has 230 valence electrons. The van der Waals surface area contributed by atoms with Crippen molar-refractivity contribution in [1.82, 2.24) is 10.3 Å². The molecule has 1 fully saturated rings. The van der Waals surface area contributed by atoms with E-state index in [1.54, 1.807) is 13.0 Å². The molecule has 43 heavy (non-hydrogen) atoms. The van der Waals surface area contributed by atoms with E-state index in [4.69, 9.17) is 0 Å². The second kappa shape index (κ2) is 11.3. The first-order chi connectivity index (χ1) is 19.8. The van der Waals surface area contributed by atoms with Crippen molar-refractivity contribution in [1.29, 1.82) is 0 Å². The van der Waals surface area contributed by atoms with Crippen molar-refractivity contribution in [3.8, 4) is 11.1 Å². The second-order valence-electron chi connectivity index (χ2n) is 11.1. The normalized spacial score (nSPS) is 17.6. The van der Waals surface area contributed by atoms with Crippen molar-refractivity contribution in [2.24, 2.45) is 5.92 Å². The third-order valence-corrected chi connectivity index (χ3v) is 7.68. The zero-order valence-electron chi connectivity index (χ0n) is 23.5. The number of aromatic nitrogens is 1. The molecule has 2 atom stereocenters. The summed E-state index contributed by atoms with van der Waals surface area (Å²) < 4.78 is 95.3. The molecule has 1 aliphatic heterocycles. The summed E-state index contributed by atoms with van der Waals surface area (Å²) in [4.78, 5) is 31.4. The number of hydrogen-bond donors (Lipinski definition) is 2. The number of hydrogen-bond acceptors (Lipinski definition) is 4. The van der Waals surface area contributed by atoms with Crippen LogP contribution in [0.3, 0.4) is 0 Å². The highest BCUT2D eigenvalue weighted by Gasteiger charge is 2.41. The fraction of sp³-hybridized carbons (Fsp3) is 0.367. The number of aliphatic hydroxyl groups excluding tert-OH is 1. The average molecular weight is 612 g/mol. The Morgan fingerprint density at radius 2 is 1.56 bits per heavy atom. The lowest BCUT2D eigenvalue weighted by atomic mass is 9.81. The number of aliphatic hydroxyl groups is 1. The Balaban J connectivity index is 1.84. The molecule has 0 radical (unpaired) electrons. The molecule has 0 spiro atoms. The van der Waals surface area contributed by atoms with Gasteiger partial charge >= 0.3 is 12.4 Å². The van der Waals surface area contributed by atoms with Gasteiger partial charge in [0.25, 0.3) is 0 Å². The van der Waals surface area contributed by atoms with E-state index in [9.17, 15) is 45.4 Å². The lowest BCUT2D eigenvalue weighted by Crippen LogP contribution is -2.42. The van der Waals surface area contributed by atoms with Gasteiger partial charge in [-0.2, -0.15) is 26.3 Å². The number of alkyl halides is 6. The molecule has 0 bridgehead atoms. The third kappa shape index (κ3) is 6.36. The predicted molar refractivity (Wildman–Crippen MR) is 143 cm³/mol. The minimum absolute atomic E-state index is 0.00667. The largest absolute Gasteiger partial charge is 0.416 e. The van der Waals surface area contributed by atoms with E-state index in [2.05, 4.69) is 10.3 Å². The number of nitrogens with one attached hydrogen (secondary N) is 1. The van der Waals surface area contributed by atoms with Crippen molar-refractivity contribution in [2.45, 2.75) is 51.0 Å². The van der Waals surface area contributed by atoms with Crippen molar-refractivity contribution >= 4 is 17.5 Å². The lowest BCUT2D eigenvalue weighted by molar-refractivity contribution is -0.143. The van der Waals surface area contributed by atoms with Crippen molar-refractivity contribution in [3.63, 3.8) is 0 Å². The number of likely N-dealkylation sites (N-methyl/N-ethyl adjacent to an activating group) is 1. The summed E-state index contributed by atoms with van der Waals surface area (Å²) in [5.41, 5.74) is -3.77. The van der Waals surface area contributed by atoms with E-state index >= 15 is 0 Å². The van der Waals surface area contributed by atoms with Crippen LogP contribution in [-0.2, 0) is 27.4 Å². The van der Waals surface area contributed by atoms with Crippen LogP contribution in [-0.4, -0.2) is 35.6 Å². The van der Waals surface area contributed by atoms with Gasteiger partial charge in [0, 0.05) is 31.6 Å². The van der Waals surface area contributed by atoms with Crippen LogP contribution in [0, 0.1) is 18.7 Å². The third-order valence-electron chi connectivity index (χ3n) is 7.68. The Labute approximate surface area is 242 Å². The first-order valence-electron chi connectivity index (χ1n) is 13.1. The molecule has 4 rings (SSSR count). The zero-order chi connectivity index (χ0) is 32.1. The number of pyridine rings is 1. The highest BCUT2D eigenvalue weighted by atomic mass is 19.4. The van der Waals surface area contributed by atoms with Crippen molar-refractivity contribution in [2.75, 3.05) is 18.6 Å². The summed E-state index contributed by atoms with van der Waals surface area (Å²) in [6.45, 7) is 3.72. The summed E-state index contributed by atoms with van der Waals surface area (Å²) in [5, 5.41) is 12.5. The van der Waals surface area contributed by atoms with E-state index < -0.39 is 58.1 Å². The van der Waals surface area contributed by atoms with Crippen LogP contribution >= 0.6 is 0 Å². The monoisotopic (exact) mass is 611 g/mol. The Morgan fingerprint density at radius 1 is 0.977 bits per heavy atom. The number of nitrogens with zero attached hydrogens (tertiary/aromatic N) is 2. The topological polar surface area (TPSA) is 82.5 Å². The van der Waals surface area contributed by atoms with Gasteiger partial charge in [0.1, 0.15) is 5.82 Å². The first-order valence-corrected chi connectivity index (χ1v) is 13.1. The zero-order valence-corrected chi connectivity index (χ0v) is 23.5. The van der Waals surface area contributed by atoms with Gasteiger partial charge in [0.2, 0.25) is 11.8 Å². The minimum Gasteiger partial charge on any atom is -0.396 e. The first kappa shape index (κ1) is 31.9. The van der Waals surface area contributed by atoms with Crippen LogP contribution in [0.25, 0.3) is 11.1 Å². The van der Waals surface area contributed by atoms with Gasteiger partial charge < -0.3 is 15.3 Å². The quantitative estimate of drug-likeness (QED) is 0.319. The summed E-state index contributed by atoms with van der Waals surface area (Å²) >= 11 is 0. The molecule has 1 aromatic heterocycles. The van der Waals surface area contributed by atoms with Crippen LogP contribution in [0.1, 0.15) is 54.3 Å². The SMILES string of the molecule is Cc1cc(F)ccc1-c1cc([C@H]2NC(=O)C[C@@H]2CO)ncc1N(C)C(=O)C(C)(C)c1cc(C(F)(F)F)cc(C(F)(F)F)c1. The summed E-state index contributed by atoms with van der Waals surface area (Å²) in [7, 11) is 1.30. The molecule has 0 saturated carbocycles. The lowest BCUT2D eigenvalue weighted by Gasteiger charge is -2.32. The molecule has 0 unspecified atom stereocenters. The fourth-order valence-corrected chi connectivity index (χ4v) is 5.21. The van der Waals surface area contributed by atoms with Gasteiger partial charge in [-0.15, -0.1) is 0 Å². The number of anilines is 1. The number of benzene rings is 2. The Hall–Kier alpha value is -4.00. The standard InChI is InChI=1S/C30H28F7N3O3/c1-15-7-20(31)5-6-21(15)22-12-23(26-16(14-41)8-25(42)39-26)38-13-24(22)40(4)27(43)28(2,3)17-9-18(29(32,33)34)11-19(10-17)30(35,36)37/h5-7,9-13,16,26,41H,8,14H2,1-4H3,(H,39,42)/t16-,26+/m1/s1. The van der Waals surface area contributed by atoms with Gasteiger partial charge in [-0.25, -0.2) is 4.39 Å². The summed E-state index contributed by atoms with van der Waals surface area (Å²) in [6.07, 6.45) is -8.86. The molecule has 2 heterocycles. The van der Waals surface area contributed by atoms with Gasteiger partial charge in [-0.1, -0.05) is 6.07 Å². The molecule has 1 aliphatic rings. The maximum absolute atomic E-state index is 14.0. The van der Waals surface area contributed by atoms with E-state index in [1.165, 1.54) is 45.3 Å². The molecule has 0 aliphatic carbocycles. The predicted octanol–water partition coefficient (Wildman–Crippen LogP) is 6.34. The van der Waals surface area contributed by atoms with Crippen LogP contribution < -0.4 is 10.2 Å². The molecule has 1 saturated heterocycles. The van der Waals surface area contributed by atoms with Crippen LogP contribution in [0.5, 0.6) is 0 Å². The number of carbonyl (C=O) groups excluding carboxylic acids is 2. The van der Waals surface area contributed by atoms with Gasteiger partial charge in [-0.3, -0.25) is 14.6 Å². The number of rotatable bonds is 6. The van der Waals surface area contributed by atoms with E-state index in [0.29, 0.717) is 34.5 Å². The maximum atomic E-state index is 14.0. The van der Waals surface area contributed by atoms with Crippen LogP contribution in [0.4, 0.5) is 36.4 Å². The molecule has 13 heteroatoms. The fourth-order valence-electron chi connectivity index (χ4n) is 5.21. The number of halogens is 7. The number of aryl methyl sites for hydroxylation is 1. The summed E-state index contributed by atoms with van der Waals surface area (Å²) in [5.74, 6) is -2.17. The van der Waals surface area contributed by atoms with Crippen LogP contribution in [0.15, 0.2) is 48.7 Å². The van der Waals surface area contributed by atoms with Gasteiger partial charge in [0.15, 0.2) is 0 Å². The van der Waals surface area contributed by atoms with Crippen molar-refractivity contribution < 1.29 is 45.4 Å². The second-order valence-corrected chi connectivity index (χ2v) is 11.1. The molecule has 6 nitrogen and oxygen atoms in total. The van der Waals surface area contributed by atoms with Crippen LogP contribution in [0.2, 0.25) is 0 Å². The number of carbonyl (C=O) groups is 2. The Bertz CT molecular complexity index is 1540. The van der Waals surface area contributed by atoms with Gasteiger partial charge in [0.05, 0.1) is 40.2 Å². The Morgan fingerprint density at radius 3 is 2.09 bits per heavy atom.